The van der Waals surface area contributed by atoms with Crippen molar-refractivity contribution in [1.82, 2.24) is 10.2 Å². The number of rotatable bonds is 2. The Hall–Kier alpha value is -1.55. The third-order valence-electron chi connectivity index (χ3n) is 2.91. The number of benzene rings is 2. The van der Waals surface area contributed by atoms with Crippen molar-refractivity contribution in [2.75, 3.05) is 0 Å². The van der Waals surface area contributed by atoms with Gasteiger partial charge in [-0.2, -0.15) is 0 Å². The third-order valence-corrected chi connectivity index (χ3v) is 3.40. The molecule has 0 radical (unpaired) electrons. The van der Waals surface area contributed by atoms with Crippen molar-refractivity contribution in [2.45, 2.75) is 3.79 Å². The van der Waals surface area contributed by atoms with E-state index in [9.17, 15) is 0 Å². The summed E-state index contributed by atoms with van der Waals surface area (Å²) in [6.07, 6.45) is 3.58. The summed E-state index contributed by atoms with van der Waals surface area (Å²) in [5.74, 6) is 0.231. The van der Waals surface area contributed by atoms with Crippen LogP contribution in [0.1, 0.15) is 17.3 Å². The molecular formula is C15H9Cl3N2O. The molecule has 106 valence electrons. The van der Waals surface area contributed by atoms with E-state index in [4.69, 9.17) is 39.2 Å². The van der Waals surface area contributed by atoms with Gasteiger partial charge in [0.25, 0.3) is 9.68 Å². The topological polar surface area (TPSA) is 38.9 Å². The maximum absolute atomic E-state index is 5.68. The minimum absolute atomic E-state index is 0.0509. The van der Waals surface area contributed by atoms with E-state index in [1.165, 1.54) is 0 Å². The highest BCUT2D eigenvalue weighted by Crippen LogP contribution is 2.37. The number of aromatic nitrogens is 2. The van der Waals surface area contributed by atoms with Crippen molar-refractivity contribution in [1.29, 1.82) is 0 Å². The molecule has 0 aliphatic carbocycles. The molecule has 0 spiro atoms. The molecule has 0 atom stereocenters. The van der Waals surface area contributed by atoms with E-state index >= 15 is 0 Å². The lowest BCUT2D eigenvalue weighted by Crippen LogP contribution is -1.99. The molecule has 0 amide bonds. The summed E-state index contributed by atoms with van der Waals surface area (Å²) in [7, 11) is 0. The summed E-state index contributed by atoms with van der Waals surface area (Å²) in [5.41, 5.74) is 1.04. The van der Waals surface area contributed by atoms with Gasteiger partial charge >= 0.3 is 0 Å². The van der Waals surface area contributed by atoms with Crippen LogP contribution in [0.25, 0.3) is 22.9 Å². The molecule has 1 aromatic heterocycles. The highest BCUT2D eigenvalue weighted by atomic mass is 35.6. The molecule has 3 rings (SSSR count). The Labute approximate surface area is 136 Å². The number of hydrogen-bond donors (Lipinski definition) is 0. The van der Waals surface area contributed by atoms with Crippen LogP contribution in [-0.2, 0) is 3.79 Å². The smallest absolute Gasteiger partial charge is 0.268 e. The van der Waals surface area contributed by atoms with Crippen molar-refractivity contribution < 1.29 is 4.42 Å². The normalized spacial score (nSPS) is 12.3. The van der Waals surface area contributed by atoms with Crippen LogP contribution in [0, 0.1) is 0 Å². The summed E-state index contributed by atoms with van der Waals surface area (Å²) in [5, 5.41) is 9.82. The first-order valence-corrected chi connectivity index (χ1v) is 7.24. The van der Waals surface area contributed by atoms with Crippen LogP contribution in [0.5, 0.6) is 0 Å². The highest BCUT2D eigenvalue weighted by Gasteiger charge is 2.29. The minimum atomic E-state index is -1.71. The molecule has 0 saturated heterocycles. The zero-order valence-corrected chi connectivity index (χ0v) is 12.9. The van der Waals surface area contributed by atoms with Crippen molar-refractivity contribution >= 4 is 57.7 Å². The van der Waals surface area contributed by atoms with Gasteiger partial charge in [-0.05, 0) is 22.4 Å². The van der Waals surface area contributed by atoms with Gasteiger partial charge in [-0.3, -0.25) is 0 Å². The Morgan fingerprint density at radius 1 is 0.905 bits per heavy atom. The number of nitrogens with zero attached hydrogens (tertiary/aromatic N) is 2. The molecule has 0 unspecified atom stereocenters. The van der Waals surface area contributed by atoms with Gasteiger partial charge in [0.2, 0.25) is 5.89 Å². The van der Waals surface area contributed by atoms with Crippen LogP contribution in [-0.4, -0.2) is 10.2 Å². The van der Waals surface area contributed by atoms with E-state index in [-0.39, 0.29) is 11.8 Å². The molecule has 3 nitrogen and oxygen atoms in total. The van der Waals surface area contributed by atoms with Crippen molar-refractivity contribution in [3.8, 4) is 0 Å². The van der Waals surface area contributed by atoms with Crippen LogP contribution >= 0.6 is 34.8 Å². The van der Waals surface area contributed by atoms with Gasteiger partial charge in [-0.15, -0.1) is 10.2 Å². The van der Waals surface area contributed by atoms with Crippen LogP contribution in [0.3, 0.4) is 0 Å². The SMILES string of the molecule is ClC(Cl)(Cl)c1nnc(C=Cc2cccc3ccccc23)o1. The van der Waals surface area contributed by atoms with Gasteiger partial charge in [0.1, 0.15) is 0 Å². The molecular weight excluding hydrogens is 331 g/mol. The molecule has 0 fully saturated rings. The predicted octanol–water partition coefficient (Wildman–Crippen LogP) is 5.22. The Morgan fingerprint density at radius 2 is 1.67 bits per heavy atom. The fourth-order valence-corrected chi connectivity index (χ4v) is 2.20. The lowest BCUT2D eigenvalue weighted by Gasteiger charge is -2.02. The average molecular weight is 340 g/mol. The Morgan fingerprint density at radius 3 is 2.43 bits per heavy atom. The minimum Gasteiger partial charge on any atom is -0.417 e. The number of halogens is 3. The van der Waals surface area contributed by atoms with Crippen LogP contribution in [0.2, 0.25) is 0 Å². The zero-order valence-electron chi connectivity index (χ0n) is 10.6. The second-order valence-electron chi connectivity index (χ2n) is 4.34. The maximum Gasteiger partial charge on any atom is 0.268 e. The van der Waals surface area contributed by atoms with Gasteiger partial charge in [-0.1, -0.05) is 77.3 Å². The van der Waals surface area contributed by atoms with E-state index in [2.05, 4.69) is 28.4 Å². The molecule has 0 N–H and O–H groups in total. The van der Waals surface area contributed by atoms with Crippen LogP contribution in [0.15, 0.2) is 46.9 Å². The molecule has 1 heterocycles. The zero-order chi connectivity index (χ0) is 14.9. The van der Waals surface area contributed by atoms with E-state index in [1.807, 2.05) is 30.3 Å². The van der Waals surface area contributed by atoms with Gasteiger partial charge in [0.05, 0.1) is 0 Å². The van der Waals surface area contributed by atoms with Crippen molar-refractivity contribution in [3.05, 3.63) is 59.8 Å². The highest BCUT2D eigenvalue weighted by molar-refractivity contribution is 6.66. The molecule has 3 aromatic rings. The Kier molecular flexibility index (Phi) is 3.89. The van der Waals surface area contributed by atoms with Gasteiger partial charge in [0, 0.05) is 6.08 Å². The lowest BCUT2D eigenvalue weighted by molar-refractivity contribution is 0.493. The summed E-state index contributed by atoms with van der Waals surface area (Å²) >= 11 is 17.0. The largest absolute Gasteiger partial charge is 0.417 e. The first-order chi connectivity index (χ1) is 10.0. The number of fused-ring (bicyclic) bond motifs is 1. The monoisotopic (exact) mass is 338 g/mol. The molecule has 0 aliphatic heterocycles. The molecule has 0 aliphatic rings. The Balaban J connectivity index is 1.93. The molecule has 21 heavy (non-hydrogen) atoms. The fourth-order valence-electron chi connectivity index (χ4n) is 1.97. The van der Waals surface area contributed by atoms with Crippen molar-refractivity contribution in [3.63, 3.8) is 0 Å². The van der Waals surface area contributed by atoms with E-state index < -0.39 is 3.79 Å². The quantitative estimate of drug-likeness (QED) is 0.601. The first-order valence-electron chi connectivity index (χ1n) is 6.10. The second kappa shape index (κ2) is 5.68. The fraction of sp³-hybridized carbons (Fsp3) is 0.0667. The van der Waals surface area contributed by atoms with Crippen LogP contribution < -0.4 is 0 Å². The van der Waals surface area contributed by atoms with Crippen molar-refractivity contribution in [2.24, 2.45) is 0 Å². The van der Waals surface area contributed by atoms with E-state index in [1.54, 1.807) is 6.08 Å². The van der Waals surface area contributed by atoms with Crippen LogP contribution in [0.4, 0.5) is 0 Å². The Bertz CT molecular complexity index is 801. The lowest BCUT2D eigenvalue weighted by atomic mass is 10.0. The first kappa shape index (κ1) is 14.4. The van der Waals surface area contributed by atoms with E-state index in [0.717, 1.165) is 16.3 Å². The summed E-state index contributed by atoms with van der Waals surface area (Å²) in [4.78, 5) is 0. The molecule has 0 bridgehead atoms. The summed E-state index contributed by atoms with van der Waals surface area (Å²) in [6, 6.07) is 14.2. The molecule has 2 aromatic carbocycles. The number of hydrogen-bond acceptors (Lipinski definition) is 3. The summed E-state index contributed by atoms with van der Waals surface area (Å²) in [6.45, 7) is 0. The second-order valence-corrected chi connectivity index (χ2v) is 6.63. The molecule has 6 heteroatoms. The summed E-state index contributed by atoms with van der Waals surface area (Å²) < 4.78 is 3.57. The third kappa shape index (κ3) is 3.21. The van der Waals surface area contributed by atoms with Gasteiger partial charge < -0.3 is 4.42 Å². The standard InChI is InChI=1S/C15H9Cl3N2O/c16-15(17,18)14-20-19-13(21-14)9-8-11-6-3-5-10-4-1-2-7-12(10)11/h1-9H. The number of alkyl halides is 3. The molecule has 0 saturated carbocycles. The van der Waals surface area contributed by atoms with Gasteiger partial charge in [-0.25, -0.2) is 0 Å². The average Bonchev–Trinajstić information content (AvgIpc) is 2.94. The predicted molar refractivity (Wildman–Crippen MR) is 86.4 cm³/mol. The maximum atomic E-state index is 5.68. The van der Waals surface area contributed by atoms with Gasteiger partial charge in [0.15, 0.2) is 0 Å². The van der Waals surface area contributed by atoms with E-state index in [0.29, 0.717) is 0 Å².